The molecule has 1 aliphatic rings. The Kier molecular flexibility index (Phi) is 6.64. The fraction of sp³-hybridized carbons (Fsp3) is 0.381. The van der Waals surface area contributed by atoms with E-state index in [-0.39, 0.29) is 32.8 Å². The second-order valence-corrected chi connectivity index (χ2v) is 11.5. The Morgan fingerprint density at radius 1 is 1.03 bits per heavy atom. The minimum Gasteiger partial charge on any atom is -0.321 e. The van der Waals surface area contributed by atoms with Crippen molar-refractivity contribution in [3.63, 3.8) is 0 Å². The zero-order valence-corrected chi connectivity index (χ0v) is 18.7. The number of rotatable bonds is 6. The SMILES string of the molecule is CCS(=O)(=O)c1ccccc1NC(=O)c1ccc(S(=O)(=O)N2CCCCC2C)cc1. The lowest BCUT2D eigenvalue weighted by molar-refractivity contribution is 0.102. The normalized spacial score (nSPS) is 18.1. The van der Waals surface area contributed by atoms with Crippen molar-refractivity contribution in [2.24, 2.45) is 0 Å². The summed E-state index contributed by atoms with van der Waals surface area (Å²) in [5, 5.41) is 2.62. The van der Waals surface area contributed by atoms with Gasteiger partial charge in [-0.1, -0.05) is 25.5 Å². The number of nitrogens with zero attached hydrogens (tertiary/aromatic N) is 1. The lowest BCUT2D eigenvalue weighted by Crippen LogP contribution is -2.41. The molecule has 9 heteroatoms. The van der Waals surface area contributed by atoms with Crippen LogP contribution in [0.15, 0.2) is 58.3 Å². The molecule has 0 aromatic heterocycles. The van der Waals surface area contributed by atoms with Crippen molar-refractivity contribution < 1.29 is 21.6 Å². The van der Waals surface area contributed by atoms with Gasteiger partial charge in [0.2, 0.25) is 10.0 Å². The van der Waals surface area contributed by atoms with Gasteiger partial charge < -0.3 is 5.32 Å². The Bertz CT molecular complexity index is 1130. The van der Waals surface area contributed by atoms with E-state index in [2.05, 4.69) is 5.32 Å². The number of nitrogens with one attached hydrogen (secondary N) is 1. The number of carbonyl (C=O) groups is 1. The maximum absolute atomic E-state index is 12.9. The summed E-state index contributed by atoms with van der Waals surface area (Å²) in [5.74, 6) is -0.592. The molecule has 0 saturated carbocycles. The summed E-state index contributed by atoms with van der Waals surface area (Å²) >= 11 is 0. The standard InChI is InChI=1S/C21H26N2O5S2/c1-3-29(25,26)20-10-5-4-9-19(20)22-21(24)17-11-13-18(14-12-17)30(27,28)23-15-7-6-8-16(23)2/h4-5,9-14,16H,3,6-8,15H2,1-2H3,(H,22,24). The van der Waals surface area contributed by atoms with Crippen molar-refractivity contribution in [2.75, 3.05) is 17.6 Å². The largest absolute Gasteiger partial charge is 0.321 e. The monoisotopic (exact) mass is 450 g/mol. The van der Waals surface area contributed by atoms with E-state index < -0.39 is 25.8 Å². The first-order valence-corrected chi connectivity index (χ1v) is 13.0. The summed E-state index contributed by atoms with van der Waals surface area (Å²) in [6, 6.07) is 11.9. The van der Waals surface area contributed by atoms with E-state index in [1.165, 1.54) is 47.6 Å². The minimum absolute atomic E-state index is 0.0521. The zero-order chi connectivity index (χ0) is 21.9. The molecule has 0 bridgehead atoms. The number of sulfonamides is 1. The van der Waals surface area contributed by atoms with E-state index in [0.717, 1.165) is 19.3 Å². The molecule has 3 rings (SSSR count). The van der Waals surface area contributed by atoms with Crippen molar-refractivity contribution >= 4 is 31.5 Å². The number of benzene rings is 2. The zero-order valence-electron chi connectivity index (χ0n) is 17.0. The number of sulfone groups is 1. The van der Waals surface area contributed by atoms with Crippen LogP contribution >= 0.6 is 0 Å². The predicted molar refractivity (Wildman–Crippen MR) is 116 cm³/mol. The Morgan fingerprint density at radius 3 is 2.33 bits per heavy atom. The Morgan fingerprint density at radius 2 is 1.70 bits per heavy atom. The van der Waals surface area contributed by atoms with Gasteiger partial charge in [-0.3, -0.25) is 4.79 Å². The molecule has 2 aromatic carbocycles. The molecule has 0 spiro atoms. The third kappa shape index (κ3) is 4.58. The highest BCUT2D eigenvalue weighted by Crippen LogP contribution is 2.26. The second kappa shape index (κ2) is 8.87. The molecule has 2 aromatic rings. The molecule has 0 aliphatic carbocycles. The van der Waals surface area contributed by atoms with Crippen molar-refractivity contribution in [1.82, 2.24) is 4.31 Å². The molecular formula is C21H26N2O5S2. The third-order valence-electron chi connectivity index (χ3n) is 5.32. The quantitative estimate of drug-likeness (QED) is 0.728. The Balaban J connectivity index is 1.82. The number of amides is 1. The van der Waals surface area contributed by atoms with Crippen molar-refractivity contribution in [1.29, 1.82) is 0 Å². The molecule has 1 saturated heterocycles. The van der Waals surface area contributed by atoms with E-state index in [4.69, 9.17) is 0 Å². The van der Waals surface area contributed by atoms with Gasteiger partial charge in [0.1, 0.15) is 0 Å². The van der Waals surface area contributed by atoms with Crippen LogP contribution in [0.5, 0.6) is 0 Å². The highest BCUT2D eigenvalue weighted by Gasteiger charge is 2.31. The van der Waals surface area contributed by atoms with Crippen LogP contribution in [0.4, 0.5) is 5.69 Å². The lowest BCUT2D eigenvalue weighted by atomic mass is 10.1. The molecule has 1 amide bonds. The molecule has 30 heavy (non-hydrogen) atoms. The van der Waals surface area contributed by atoms with Gasteiger partial charge in [0, 0.05) is 18.2 Å². The Labute approximate surface area is 178 Å². The van der Waals surface area contributed by atoms with Gasteiger partial charge in [-0.2, -0.15) is 4.31 Å². The molecular weight excluding hydrogens is 424 g/mol. The molecule has 1 unspecified atom stereocenters. The van der Waals surface area contributed by atoms with Crippen molar-refractivity contribution in [3.05, 3.63) is 54.1 Å². The number of hydrogen-bond acceptors (Lipinski definition) is 5. The summed E-state index contributed by atoms with van der Waals surface area (Å²) in [6.45, 7) is 3.94. The highest BCUT2D eigenvalue weighted by atomic mass is 32.2. The van der Waals surface area contributed by atoms with E-state index in [1.807, 2.05) is 6.92 Å². The fourth-order valence-corrected chi connectivity index (χ4v) is 6.28. The average molecular weight is 451 g/mol. The molecule has 1 heterocycles. The summed E-state index contributed by atoms with van der Waals surface area (Å²) in [5.41, 5.74) is 0.438. The number of carbonyl (C=O) groups excluding carboxylic acids is 1. The minimum atomic E-state index is -3.62. The van der Waals surface area contributed by atoms with E-state index in [0.29, 0.717) is 6.54 Å². The molecule has 1 aliphatic heterocycles. The predicted octanol–water partition coefficient (Wildman–Crippen LogP) is 3.30. The van der Waals surface area contributed by atoms with E-state index >= 15 is 0 Å². The van der Waals surface area contributed by atoms with Crippen LogP contribution in [0.1, 0.15) is 43.5 Å². The highest BCUT2D eigenvalue weighted by molar-refractivity contribution is 7.91. The van der Waals surface area contributed by atoms with E-state index in [1.54, 1.807) is 12.1 Å². The summed E-state index contributed by atoms with van der Waals surface area (Å²) in [7, 11) is -7.12. The van der Waals surface area contributed by atoms with Gasteiger partial charge in [0.05, 0.1) is 21.2 Å². The summed E-state index contributed by atoms with van der Waals surface area (Å²) in [6.07, 6.45) is 2.69. The van der Waals surface area contributed by atoms with Gasteiger partial charge in [0.25, 0.3) is 5.91 Å². The topological polar surface area (TPSA) is 101 Å². The van der Waals surface area contributed by atoms with Crippen LogP contribution in [-0.2, 0) is 19.9 Å². The Hall–Kier alpha value is -2.23. The number of piperidine rings is 1. The maximum Gasteiger partial charge on any atom is 0.255 e. The first kappa shape index (κ1) is 22.5. The third-order valence-corrected chi connectivity index (χ3v) is 9.13. The first-order chi connectivity index (χ1) is 14.2. The maximum atomic E-state index is 12.9. The number of hydrogen-bond donors (Lipinski definition) is 1. The van der Waals surface area contributed by atoms with Gasteiger partial charge >= 0.3 is 0 Å². The molecule has 1 fully saturated rings. The van der Waals surface area contributed by atoms with E-state index in [9.17, 15) is 21.6 Å². The van der Waals surface area contributed by atoms with Crippen LogP contribution in [0.3, 0.4) is 0 Å². The van der Waals surface area contributed by atoms with Crippen LogP contribution in [0.2, 0.25) is 0 Å². The lowest BCUT2D eigenvalue weighted by Gasteiger charge is -2.32. The van der Waals surface area contributed by atoms with Crippen LogP contribution in [0, 0.1) is 0 Å². The van der Waals surface area contributed by atoms with Gasteiger partial charge in [0.15, 0.2) is 9.84 Å². The molecule has 1 atom stereocenters. The fourth-order valence-electron chi connectivity index (χ4n) is 3.53. The first-order valence-electron chi connectivity index (χ1n) is 9.92. The molecule has 7 nitrogen and oxygen atoms in total. The van der Waals surface area contributed by atoms with Crippen molar-refractivity contribution in [3.8, 4) is 0 Å². The summed E-state index contributed by atoms with van der Waals surface area (Å²) in [4.78, 5) is 12.8. The molecule has 162 valence electrons. The smallest absolute Gasteiger partial charge is 0.255 e. The van der Waals surface area contributed by atoms with Crippen LogP contribution in [0.25, 0.3) is 0 Å². The second-order valence-electron chi connectivity index (χ2n) is 7.34. The number of anilines is 1. The number of para-hydroxylation sites is 1. The summed E-state index contributed by atoms with van der Waals surface area (Å²) < 4.78 is 51.8. The van der Waals surface area contributed by atoms with Crippen LogP contribution in [-0.4, -0.2) is 45.4 Å². The molecule has 0 radical (unpaired) electrons. The van der Waals surface area contributed by atoms with Crippen LogP contribution < -0.4 is 5.32 Å². The van der Waals surface area contributed by atoms with Gasteiger partial charge in [-0.25, -0.2) is 16.8 Å². The molecule has 1 N–H and O–H groups in total. The van der Waals surface area contributed by atoms with Crippen molar-refractivity contribution in [2.45, 2.75) is 48.9 Å². The van der Waals surface area contributed by atoms with Gasteiger partial charge in [-0.15, -0.1) is 0 Å². The average Bonchev–Trinajstić information content (AvgIpc) is 2.74. The van der Waals surface area contributed by atoms with Gasteiger partial charge in [-0.05, 0) is 56.2 Å².